The van der Waals surface area contributed by atoms with Crippen molar-refractivity contribution in [3.05, 3.63) is 48.0 Å². The summed E-state index contributed by atoms with van der Waals surface area (Å²) in [5.74, 6) is -1.76. The maximum absolute atomic E-state index is 12.1. The van der Waals surface area contributed by atoms with Gasteiger partial charge in [0.15, 0.2) is 0 Å². The fourth-order valence-corrected chi connectivity index (χ4v) is 2.39. The van der Waals surface area contributed by atoms with Crippen LogP contribution in [0.4, 0.5) is 0 Å². The van der Waals surface area contributed by atoms with E-state index in [9.17, 15) is 20.0 Å². The van der Waals surface area contributed by atoms with E-state index in [1.807, 2.05) is 0 Å². The minimum absolute atomic E-state index is 0.00107. The number of nitrogens with zero attached hydrogens (tertiary/aromatic N) is 4. The average molecular weight is 386 g/mol. The molecule has 0 aliphatic heterocycles. The molecule has 2 aromatic heterocycles. The lowest BCUT2D eigenvalue weighted by Crippen LogP contribution is -2.23. The van der Waals surface area contributed by atoms with Crippen molar-refractivity contribution < 1.29 is 29.5 Å². The van der Waals surface area contributed by atoms with Crippen LogP contribution in [0.15, 0.2) is 47.0 Å². The van der Waals surface area contributed by atoms with E-state index in [0.29, 0.717) is 11.1 Å². The van der Waals surface area contributed by atoms with Crippen molar-refractivity contribution in [1.29, 1.82) is 0 Å². The molecule has 2 heterocycles. The van der Waals surface area contributed by atoms with E-state index in [1.54, 1.807) is 38.1 Å². The largest absolute Gasteiger partial charge is 0.461 e. The first-order chi connectivity index (χ1) is 13.6. The van der Waals surface area contributed by atoms with Gasteiger partial charge in [0.05, 0.1) is 13.2 Å². The van der Waals surface area contributed by atoms with Gasteiger partial charge in [0.2, 0.25) is 11.4 Å². The number of ether oxygens (including phenoxy) is 2. The number of carbonyl (C=O) groups is 2. The van der Waals surface area contributed by atoms with Crippen LogP contribution in [-0.4, -0.2) is 57.0 Å². The first kappa shape index (κ1) is 20.5. The highest BCUT2D eigenvalue weighted by Gasteiger charge is 2.26. The number of carbonyl (C=O) groups excluding carboxylic acids is 2. The molecular weight excluding hydrogens is 368 g/mol. The van der Waals surface area contributed by atoms with Gasteiger partial charge in [-0.3, -0.25) is 9.97 Å². The van der Waals surface area contributed by atoms with Gasteiger partial charge in [0.1, 0.15) is 11.4 Å². The van der Waals surface area contributed by atoms with Crippen LogP contribution in [0.25, 0.3) is 11.1 Å². The Bertz CT molecular complexity index is 850. The van der Waals surface area contributed by atoms with Gasteiger partial charge in [-0.25, -0.2) is 9.59 Å². The van der Waals surface area contributed by atoms with Crippen LogP contribution in [0.1, 0.15) is 25.2 Å². The zero-order chi connectivity index (χ0) is 20.5. The predicted octanol–water partition coefficient (Wildman–Crippen LogP) is 1.63. The smallest absolute Gasteiger partial charge is 0.362 e. The summed E-state index contributed by atoms with van der Waals surface area (Å²) in [5.41, 5.74) is -0.247. The number of rotatable bonds is 7. The summed E-state index contributed by atoms with van der Waals surface area (Å²) >= 11 is 0. The number of aromatic nitrogens is 2. The van der Waals surface area contributed by atoms with Gasteiger partial charge in [-0.05, 0) is 26.0 Å². The molecule has 0 radical (unpaired) electrons. The van der Waals surface area contributed by atoms with Gasteiger partial charge in [-0.15, -0.1) is 0 Å². The lowest BCUT2D eigenvalue weighted by atomic mass is 9.98. The zero-order valence-electron chi connectivity index (χ0n) is 15.2. The summed E-state index contributed by atoms with van der Waals surface area (Å²) in [6.45, 7) is 3.36. The minimum atomic E-state index is -0.878. The fraction of sp³-hybridized carbons (Fsp3) is 0.222. The molecule has 2 aromatic rings. The van der Waals surface area contributed by atoms with Crippen LogP contribution in [0.2, 0.25) is 0 Å². The van der Waals surface area contributed by atoms with Crippen LogP contribution in [0.5, 0.6) is 0 Å². The molecule has 0 aliphatic rings. The molecule has 0 atom stereocenters. The SMILES string of the molecule is CCOC(=O)/C(=N\O)c1ncccc1-c1cccnc1/C(=N/O)C(=O)OCC. The lowest BCUT2D eigenvalue weighted by Gasteiger charge is -2.13. The van der Waals surface area contributed by atoms with Crippen molar-refractivity contribution in [3.63, 3.8) is 0 Å². The van der Waals surface area contributed by atoms with Crippen molar-refractivity contribution in [1.82, 2.24) is 9.97 Å². The molecule has 0 spiro atoms. The van der Waals surface area contributed by atoms with Crippen molar-refractivity contribution in [2.75, 3.05) is 13.2 Å². The maximum Gasteiger partial charge on any atom is 0.362 e. The van der Waals surface area contributed by atoms with E-state index in [2.05, 4.69) is 20.3 Å². The highest BCUT2D eigenvalue weighted by atomic mass is 16.5. The number of hydrogen-bond donors (Lipinski definition) is 2. The van der Waals surface area contributed by atoms with Crippen molar-refractivity contribution >= 4 is 23.4 Å². The van der Waals surface area contributed by atoms with Crippen LogP contribution < -0.4 is 0 Å². The Morgan fingerprint density at radius 1 is 0.857 bits per heavy atom. The number of hydrogen-bond acceptors (Lipinski definition) is 10. The van der Waals surface area contributed by atoms with Crippen molar-refractivity contribution in [2.45, 2.75) is 13.8 Å². The fourth-order valence-electron chi connectivity index (χ4n) is 2.39. The van der Waals surface area contributed by atoms with Crippen LogP contribution in [-0.2, 0) is 19.1 Å². The second kappa shape index (κ2) is 9.76. The average Bonchev–Trinajstić information content (AvgIpc) is 2.70. The predicted molar refractivity (Wildman–Crippen MR) is 97.4 cm³/mol. The Balaban J connectivity index is 2.66. The third-order valence-corrected chi connectivity index (χ3v) is 3.49. The monoisotopic (exact) mass is 386 g/mol. The second-order valence-electron chi connectivity index (χ2n) is 5.14. The molecule has 0 fully saturated rings. The summed E-state index contributed by atoms with van der Waals surface area (Å²) in [7, 11) is 0. The van der Waals surface area contributed by atoms with Gasteiger partial charge in [0, 0.05) is 23.5 Å². The Hall–Kier alpha value is -3.82. The van der Waals surface area contributed by atoms with Gasteiger partial charge in [-0.2, -0.15) is 0 Å². The van der Waals surface area contributed by atoms with Gasteiger partial charge < -0.3 is 19.9 Å². The molecule has 10 heteroatoms. The Morgan fingerprint density at radius 3 is 1.57 bits per heavy atom. The van der Waals surface area contributed by atoms with Crippen molar-refractivity contribution in [3.8, 4) is 11.1 Å². The van der Waals surface area contributed by atoms with Gasteiger partial charge in [0.25, 0.3) is 0 Å². The van der Waals surface area contributed by atoms with E-state index in [4.69, 9.17) is 9.47 Å². The molecule has 0 amide bonds. The summed E-state index contributed by atoms with van der Waals surface area (Å²) in [5, 5.41) is 24.7. The summed E-state index contributed by atoms with van der Waals surface area (Å²) in [6.07, 6.45) is 2.79. The molecule has 0 saturated carbocycles. The van der Waals surface area contributed by atoms with Crippen LogP contribution >= 0.6 is 0 Å². The number of esters is 2. The normalized spacial score (nSPS) is 11.8. The minimum Gasteiger partial charge on any atom is -0.461 e. The Kier molecular flexibility index (Phi) is 7.14. The van der Waals surface area contributed by atoms with E-state index >= 15 is 0 Å². The molecular formula is C18H18N4O6. The molecule has 0 unspecified atom stereocenters. The first-order valence-electron chi connectivity index (χ1n) is 8.28. The molecule has 0 saturated heterocycles. The first-order valence-corrected chi connectivity index (χ1v) is 8.28. The molecule has 0 aromatic carbocycles. The van der Waals surface area contributed by atoms with Crippen LogP contribution in [0.3, 0.4) is 0 Å². The molecule has 0 bridgehead atoms. The topological polar surface area (TPSA) is 144 Å². The molecule has 2 N–H and O–H groups in total. The highest BCUT2D eigenvalue weighted by Crippen LogP contribution is 2.26. The quantitative estimate of drug-likeness (QED) is 0.316. The Labute approximate surface area is 160 Å². The number of oxime groups is 2. The van der Waals surface area contributed by atoms with E-state index in [-0.39, 0.29) is 24.6 Å². The van der Waals surface area contributed by atoms with Gasteiger partial charge in [-0.1, -0.05) is 22.4 Å². The summed E-state index contributed by atoms with van der Waals surface area (Å²) < 4.78 is 9.77. The van der Waals surface area contributed by atoms with E-state index < -0.39 is 23.4 Å². The third kappa shape index (κ3) is 4.29. The zero-order valence-corrected chi connectivity index (χ0v) is 15.2. The number of pyridine rings is 2. The highest BCUT2D eigenvalue weighted by molar-refractivity contribution is 6.45. The summed E-state index contributed by atoms with van der Waals surface area (Å²) in [6, 6.07) is 6.31. The second-order valence-corrected chi connectivity index (χ2v) is 5.14. The van der Waals surface area contributed by atoms with E-state index in [1.165, 1.54) is 12.4 Å². The third-order valence-electron chi connectivity index (χ3n) is 3.49. The molecule has 10 nitrogen and oxygen atoms in total. The molecule has 28 heavy (non-hydrogen) atoms. The Morgan fingerprint density at radius 2 is 1.25 bits per heavy atom. The maximum atomic E-state index is 12.1. The molecule has 2 rings (SSSR count). The molecule has 146 valence electrons. The lowest BCUT2D eigenvalue weighted by molar-refractivity contribution is -0.136. The molecule has 0 aliphatic carbocycles. The van der Waals surface area contributed by atoms with Crippen LogP contribution in [0, 0.1) is 0 Å². The van der Waals surface area contributed by atoms with E-state index in [0.717, 1.165) is 0 Å². The van der Waals surface area contributed by atoms with Crippen molar-refractivity contribution in [2.24, 2.45) is 10.3 Å². The van der Waals surface area contributed by atoms with Gasteiger partial charge >= 0.3 is 11.9 Å². The summed E-state index contributed by atoms with van der Waals surface area (Å²) in [4.78, 5) is 32.4. The standard InChI is InChI=1S/C18H18N4O6/c1-3-27-17(23)15(21-25)13-11(7-5-9-19-13)12-8-6-10-20-14(12)16(22-26)18(24)28-4-2/h5-10,25-26H,3-4H2,1-2H3/b21-15-,22-16-.